The van der Waals surface area contributed by atoms with Crippen LogP contribution in [0.5, 0.6) is 0 Å². The molecule has 0 aliphatic carbocycles. The summed E-state index contributed by atoms with van der Waals surface area (Å²) in [6.45, 7) is 6.21. The highest BCUT2D eigenvalue weighted by Crippen LogP contribution is 2.03. The van der Waals surface area contributed by atoms with Gasteiger partial charge in [0.15, 0.2) is 5.76 Å². The molecule has 0 fully saturated rings. The Bertz CT molecular complexity index is 263. The van der Waals surface area contributed by atoms with Gasteiger partial charge in [-0.1, -0.05) is 12.1 Å². The van der Waals surface area contributed by atoms with Crippen molar-refractivity contribution in [3.63, 3.8) is 0 Å². The second kappa shape index (κ2) is 7.39. The predicted molar refractivity (Wildman–Crippen MR) is 57.5 cm³/mol. The zero-order valence-electron chi connectivity index (χ0n) is 9.38. The van der Waals surface area contributed by atoms with E-state index >= 15 is 0 Å². The number of rotatable bonds is 8. The lowest BCUT2D eigenvalue weighted by Gasteiger charge is -2.01. The van der Waals surface area contributed by atoms with E-state index in [1.807, 2.05) is 6.07 Å². The van der Waals surface area contributed by atoms with Gasteiger partial charge in [-0.2, -0.15) is 0 Å². The maximum Gasteiger partial charge on any atom is 0.162 e. The molecular formula is C10H19N3O2. The van der Waals surface area contributed by atoms with Crippen LogP contribution in [0, 0.1) is 0 Å². The Morgan fingerprint density at radius 2 is 2.20 bits per heavy atom. The van der Waals surface area contributed by atoms with Gasteiger partial charge in [-0.25, -0.2) is 0 Å². The number of aromatic nitrogens is 1. The van der Waals surface area contributed by atoms with Gasteiger partial charge in [-0.15, -0.1) is 0 Å². The molecule has 86 valence electrons. The van der Waals surface area contributed by atoms with E-state index in [4.69, 9.17) is 9.26 Å². The van der Waals surface area contributed by atoms with Crippen LogP contribution in [0.3, 0.4) is 0 Å². The third-order valence-electron chi connectivity index (χ3n) is 1.93. The molecule has 5 nitrogen and oxygen atoms in total. The number of hydrogen-bond acceptors (Lipinski definition) is 5. The van der Waals surface area contributed by atoms with E-state index < -0.39 is 0 Å². The average Bonchev–Trinajstić information content (AvgIpc) is 2.66. The maximum atomic E-state index is 5.05. The molecule has 0 amide bonds. The Morgan fingerprint density at radius 3 is 2.93 bits per heavy atom. The Morgan fingerprint density at radius 1 is 1.40 bits per heavy atom. The molecule has 2 N–H and O–H groups in total. The van der Waals surface area contributed by atoms with Gasteiger partial charge in [0.1, 0.15) is 6.61 Å². The van der Waals surface area contributed by atoms with E-state index in [0.717, 1.165) is 37.6 Å². The normalized spacial score (nSPS) is 10.8. The minimum Gasteiger partial charge on any atom is -0.377 e. The smallest absolute Gasteiger partial charge is 0.162 e. The van der Waals surface area contributed by atoms with Crippen LogP contribution in [0.4, 0.5) is 0 Å². The molecule has 0 saturated carbocycles. The summed E-state index contributed by atoms with van der Waals surface area (Å²) in [5.41, 5.74) is 0.915. The molecule has 15 heavy (non-hydrogen) atoms. The fourth-order valence-electron chi connectivity index (χ4n) is 1.22. The van der Waals surface area contributed by atoms with E-state index in [1.54, 1.807) is 7.11 Å². The van der Waals surface area contributed by atoms with Crippen LogP contribution in [0.25, 0.3) is 0 Å². The minimum atomic E-state index is 0.477. The molecular weight excluding hydrogens is 194 g/mol. The summed E-state index contributed by atoms with van der Waals surface area (Å²) >= 11 is 0. The van der Waals surface area contributed by atoms with Crippen LogP contribution in [0.2, 0.25) is 0 Å². The van der Waals surface area contributed by atoms with Crippen LogP contribution in [-0.4, -0.2) is 31.9 Å². The molecule has 0 atom stereocenters. The van der Waals surface area contributed by atoms with Gasteiger partial charge in [-0.05, 0) is 6.54 Å². The van der Waals surface area contributed by atoms with Gasteiger partial charge in [0.2, 0.25) is 0 Å². The summed E-state index contributed by atoms with van der Waals surface area (Å²) in [5, 5.41) is 10.4. The Kier molecular flexibility index (Phi) is 5.99. The predicted octanol–water partition coefficient (Wildman–Crippen LogP) is 0.520. The molecule has 0 unspecified atom stereocenters. The summed E-state index contributed by atoms with van der Waals surface area (Å²) in [4.78, 5) is 0. The van der Waals surface area contributed by atoms with Crippen molar-refractivity contribution in [2.24, 2.45) is 0 Å². The lowest BCUT2D eigenvalue weighted by Crippen LogP contribution is -2.26. The highest BCUT2D eigenvalue weighted by Gasteiger charge is 2.02. The SMILES string of the molecule is CCNCCNCc1cc(COC)on1. The Labute approximate surface area is 90.2 Å². The maximum absolute atomic E-state index is 5.05. The summed E-state index contributed by atoms with van der Waals surface area (Å²) in [6, 6.07) is 1.91. The number of ether oxygens (including phenoxy) is 1. The Hall–Kier alpha value is -0.910. The summed E-state index contributed by atoms with van der Waals surface area (Å²) in [6.07, 6.45) is 0. The third kappa shape index (κ3) is 4.92. The Balaban J connectivity index is 2.14. The van der Waals surface area contributed by atoms with Gasteiger partial charge in [0.05, 0.1) is 5.69 Å². The highest BCUT2D eigenvalue weighted by atomic mass is 16.5. The zero-order chi connectivity index (χ0) is 10.9. The third-order valence-corrected chi connectivity index (χ3v) is 1.93. The average molecular weight is 213 g/mol. The van der Waals surface area contributed by atoms with Crippen LogP contribution in [-0.2, 0) is 17.9 Å². The molecule has 1 aromatic heterocycles. The van der Waals surface area contributed by atoms with Gasteiger partial charge < -0.3 is 19.9 Å². The topological polar surface area (TPSA) is 59.3 Å². The van der Waals surface area contributed by atoms with Crippen molar-refractivity contribution in [1.82, 2.24) is 15.8 Å². The molecule has 1 aromatic rings. The van der Waals surface area contributed by atoms with Crippen molar-refractivity contribution in [2.75, 3.05) is 26.7 Å². The largest absolute Gasteiger partial charge is 0.377 e. The van der Waals surface area contributed by atoms with Crippen molar-refractivity contribution < 1.29 is 9.26 Å². The lowest BCUT2D eigenvalue weighted by atomic mass is 10.3. The monoisotopic (exact) mass is 213 g/mol. The molecule has 0 spiro atoms. The second-order valence-corrected chi connectivity index (χ2v) is 3.25. The highest BCUT2D eigenvalue weighted by molar-refractivity contribution is 5.04. The molecule has 0 aromatic carbocycles. The van der Waals surface area contributed by atoms with E-state index in [-0.39, 0.29) is 0 Å². The summed E-state index contributed by atoms with van der Waals surface area (Å²) in [5.74, 6) is 0.765. The molecule has 0 saturated heterocycles. The number of likely N-dealkylation sites (N-methyl/N-ethyl adjacent to an activating group) is 1. The first-order valence-corrected chi connectivity index (χ1v) is 5.21. The first-order chi connectivity index (χ1) is 7.36. The molecule has 1 rings (SSSR count). The van der Waals surface area contributed by atoms with Gasteiger partial charge in [-0.3, -0.25) is 0 Å². The van der Waals surface area contributed by atoms with Gasteiger partial charge in [0, 0.05) is 32.8 Å². The minimum absolute atomic E-state index is 0.477. The molecule has 5 heteroatoms. The standard InChI is InChI=1S/C10H19N3O2/c1-3-11-4-5-12-7-9-6-10(8-14-2)15-13-9/h6,11-12H,3-5,7-8H2,1-2H3. The van der Waals surface area contributed by atoms with Gasteiger partial charge >= 0.3 is 0 Å². The first-order valence-electron chi connectivity index (χ1n) is 5.21. The van der Waals surface area contributed by atoms with E-state index in [2.05, 4.69) is 22.7 Å². The summed E-state index contributed by atoms with van der Waals surface area (Å²) in [7, 11) is 1.64. The molecule has 0 radical (unpaired) electrons. The summed E-state index contributed by atoms with van der Waals surface area (Å²) < 4.78 is 9.99. The van der Waals surface area contributed by atoms with E-state index in [0.29, 0.717) is 6.61 Å². The van der Waals surface area contributed by atoms with Crippen molar-refractivity contribution in [3.05, 3.63) is 17.5 Å². The number of methoxy groups -OCH3 is 1. The van der Waals surface area contributed by atoms with Crippen molar-refractivity contribution in [3.8, 4) is 0 Å². The lowest BCUT2D eigenvalue weighted by molar-refractivity contribution is 0.155. The quantitative estimate of drug-likeness (QED) is 0.616. The zero-order valence-corrected chi connectivity index (χ0v) is 9.38. The van der Waals surface area contributed by atoms with Crippen molar-refractivity contribution in [1.29, 1.82) is 0 Å². The van der Waals surface area contributed by atoms with E-state index in [1.165, 1.54) is 0 Å². The van der Waals surface area contributed by atoms with Crippen molar-refractivity contribution >= 4 is 0 Å². The van der Waals surface area contributed by atoms with Gasteiger partial charge in [0.25, 0.3) is 0 Å². The number of nitrogens with one attached hydrogen (secondary N) is 2. The molecule has 0 aliphatic rings. The fraction of sp³-hybridized carbons (Fsp3) is 0.700. The first kappa shape index (κ1) is 12.2. The number of hydrogen-bond donors (Lipinski definition) is 2. The van der Waals surface area contributed by atoms with Crippen LogP contribution in [0.15, 0.2) is 10.6 Å². The van der Waals surface area contributed by atoms with E-state index in [9.17, 15) is 0 Å². The molecule has 0 aliphatic heterocycles. The molecule has 1 heterocycles. The van der Waals surface area contributed by atoms with Crippen LogP contribution in [0.1, 0.15) is 18.4 Å². The van der Waals surface area contributed by atoms with Crippen molar-refractivity contribution in [2.45, 2.75) is 20.1 Å². The fourth-order valence-corrected chi connectivity index (χ4v) is 1.22. The van der Waals surface area contributed by atoms with Crippen LogP contribution < -0.4 is 10.6 Å². The van der Waals surface area contributed by atoms with Crippen LogP contribution >= 0.6 is 0 Å². The number of nitrogens with zero attached hydrogens (tertiary/aromatic N) is 1. The second-order valence-electron chi connectivity index (χ2n) is 3.25. The molecule has 0 bridgehead atoms.